The van der Waals surface area contributed by atoms with Crippen LogP contribution in [0.1, 0.15) is 49.7 Å². The Balaban J connectivity index is 0.00000231. The van der Waals surface area contributed by atoms with E-state index in [0.29, 0.717) is 28.8 Å². The summed E-state index contributed by atoms with van der Waals surface area (Å²) in [4.78, 5) is 20.0. The second-order valence-corrected chi connectivity index (χ2v) is 8.32. The Labute approximate surface area is 185 Å². The van der Waals surface area contributed by atoms with E-state index in [1.807, 2.05) is 30.3 Å². The van der Waals surface area contributed by atoms with E-state index in [0.717, 1.165) is 37.2 Å². The Kier molecular flexibility index (Phi) is 5.68. The molecule has 162 valence electrons. The zero-order valence-corrected chi connectivity index (χ0v) is 18.3. The minimum atomic E-state index is -0.417. The molecule has 3 aromatic heterocycles. The zero-order valence-electron chi connectivity index (χ0n) is 17.5. The third-order valence-corrected chi connectivity index (χ3v) is 6.00. The zero-order chi connectivity index (χ0) is 20.7. The van der Waals surface area contributed by atoms with Gasteiger partial charge in [-0.05, 0) is 45.3 Å². The molecule has 1 fully saturated rings. The molecular weight excluding hydrogens is 416 g/mol. The number of halogens is 1. The lowest BCUT2D eigenvalue weighted by Crippen LogP contribution is -2.28. The molecule has 0 amide bonds. The maximum Gasteiger partial charge on any atom is 0.263 e. The predicted octanol–water partition coefficient (Wildman–Crippen LogP) is 3.29. The summed E-state index contributed by atoms with van der Waals surface area (Å²) in [5.41, 5.74) is 2.67. The summed E-state index contributed by atoms with van der Waals surface area (Å²) in [6, 6.07) is 11.7. The van der Waals surface area contributed by atoms with Crippen molar-refractivity contribution in [2.45, 2.75) is 38.0 Å². The van der Waals surface area contributed by atoms with Crippen molar-refractivity contribution in [3.05, 3.63) is 70.0 Å². The van der Waals surface area contributed by atoms with E-state index in [2.05, 4.69) is 39.4 Å². The highest BCUT2D eigenvalue weighted by Gasteiger charge is 2.30. The lowest BCUT2D eigenvalue weighted by Gasteiger charge is -2.23. The van der Waals surface area contributed by atoms with Gasteiger partial charge in [0.25, 0.3) is 11.4 Å². The van der Waals surface area contributed by atoms with Crippen LogP contribution in [-0.2, 0) is 5.41 Å². The molecule has 0 bridgehead atoms. The number of rotatable bonds is 4. The number of H-pyrrole nitrogens is 1. The average molecular weight is 441 g/mol. The van der Waals surface area contributed by atoms with Crippen LogP contribution in [-0.4, -0.2) is 37.8 Å². The van der Waals surface area contributed by atoms with Gasteiger partial charge in [-0.2, -0.15) is 10.1 Å². The number of hydrogen-bond acceptors (Lipinski definition) is 6. The Morgan fingerprint density at radius 1 is 1.16 bits per heavy atom. The molecule has 8 nitrogen and oxygen atoms in total. The maximum atomic E-state index is 12.4. The number of nitrogens with one attached hydrogen (secondary N) is 2. The summed E-state index contributed by atoms with van der Waals surface area (Å²) in [5.74, 6) is 1.22. The fraction of sp³-hybridized carbons (Fsp3) is 0.364. The minimum Gasteiger partial charge on any atom is -0.334 e. The molecule has 0 radical (unpaired) electrons. The summed E-state index contributed by atoms with van der Waals surface area (Å²) >= 11 is 0. The van der Waals surface area contributed by atoms with Gasteiger partial charge in [-0.15, -0.1) is 12.4 Å². The highest BCUT2D eigenvalue weighted by molar-refractivity contribution is 5.85. The first-order chi connectivity index (χ1) is 14.5. The first-order valence-corrected chi connectivity index (χ1v) is 10.3. The molecule has 2 N–H and O–H groups in total. The van der Waals surface area contributed by atoms with Crippen molar-refractivity contribution in [2.75, 3.05) is 13.1 Å². The van der Waals surface area contributed by atoms with Crippen molar-refractivity contribution >= 4 is 18.1 Å². The summed E-state index contributed by atoms with van der Waals surface area (Å²) in [7, 11) is 0. The van der Waals surface area contributed by atoms with Crippen LogP contribution in [0.15, 0.2) is 51.9 Å². The van der Waals surface area contributed by atoms with Crippen molar-refractivity contribution in [3.63, 3.8) is 0 Å². The van der Waals surface area contributed by atoms with Gasteiger partial charge in [-0.25, -0.2) is 4.52 Å². The van der Waals surface area contributed by atoms with Gasteiger partial charge in [0.15, 0.2) is 5.82 Å². The van der Waals surface area contributed by atoms with E-state index < -0.39 is 5.41 Å². The van der Waals surface area contributed by atoms with Crippen LogP contribution < -0.4 is 10.9 Å². The molecule has 1 saturated heterocycles. The van der Waals surface area contributed by atoms with Gasteiger partial charge in [0.2, 0.25) is 0 Å². The topological polar surface area (TPSA) is 101 Å². The molecule has 9 heteroatoms. The first kappa shape index (κ1) is 21.3. The first-order valence-electron chi connectivity index (χ1n) is 10.3. The molecule has 1 aromatic carbocycles. The number of hydrogen-bond donors (Lipinski definition) is 2. The van der Waals surface area contributed by atoms with Gasteiger partial charge in [0, 0.05) is 12.0 Å². The number of aromatic nitrogens is 5. The van der Waals surface area contributed by atoms with E-state index in [1.165, 1.54) is 0 Å². The Morgan fingerprint density at radius 2 is 1.90 bits per heavy atom. The molecular formula is C22H25ClN6O2. The van der Waals surface area contributed by atoms with Crippen LogP contribution in [0.25, 0.3) is 17.1 Å². The third-order valence-electron chi connectivity index (χ3n) is 6.00. The largest absolute Gasteiger partial charge is 0.334 e. The van der Waals surface area contributed by atoms with Crippen LogP contribution in [0.4, 0.5) is 0 Å². The second-order valence-electron chi connectivity index (χ2n) is 8.32. The van der Waals surface area contributed by atoms with Crippen molar-refractivity contribution in [2.24, 2.45) is 0 Å². The second kappa shape index (κ2) is 8.28. The summed E-state index contributed by atoms with van der Waals surface area (Å²) < 4.78 is 7.41. The monoisotopic (exact) mass is 440 g/mol. The summed E-state index contributed by atoms with van der Waals surface area (Å²) in [6.45, 7) is 6.00. The van der Waals surface area contributed by atoms with Gasteiger partial charge < -0.3 is 14.8 Å². The predicted molar refractivity (Wildman–Crippen MR) is 120 cm³/mol. The molecule has 5 rings (SSSR count). The Morgan fingerprint density at radius 3 is 2.65 bits per heavy atom. The standard InChI is InChI=1S/C22H24N6O2.ClH/c1-22(2,15-6-4-3-5-7-15)21-26-20(30-27-21)16-13-24-28-17(12-18(29)25-19(16)28)14-8-10-23-11-9-14;/h3-7,12-14,23H,8-11H2,1-2H3,(H,25,29);1H. The van der Waals surface area contributed by atoms with Crippen LogP contribution in [0.2, 0.25) is 0 Å². The fourth-order valence-corrected chi connectivity index (χ4v) is 4.15. The highest BCUT2D eigenvalue weighted by atomic mass is 35.5. The van der Waals surface area contributed by atoms with Gasteiger partial charge in [0.1, 0.15) is 11.2 Å². The molecule has 4 heterocycles. The highest BCUT2D eigenvalue weighted by Crippen LogP contribution is 2.32. The number of piperidine rings is 1. The van der Waals surface area contributed by atoms with Gasteiger partial charge in [0.05, 0.1) is 17.3 Å². The number of fused-ring (bicyclic) bond motifs is 1. The molecule has 0 spiro atoms. The molecule has 0 saturated carbocycles. The fourth-order valence-electron chi connectivity index (χ4n) is 4.15. The van der Waals surface area contributed by atoms with E-state index >= 15 is 0 Å². The molecule has 31 heavy (non-hydrogen) atoms. The van der Waals surface area contributed by atoms with E-state index in [1.54, 1.807) is 16.8 Å². The number of aromatic amines is 1. The maximum absolute atomic E-state index is 12.4. The van der Waals surface area contributed by atoms with Gasteiger partial charge in [-0.3, -0.25) is 4.79 Å². The normalized spacial score (nSPS) is 15.2. The number of benzene rings is 1. The minimum absolute atomic E-state index is 0. The van der Waals surface area contributed by atoms with E-state index in [9.17, 15) is 4.79 Å². The molecule has 1 aliphatic heterocycles. The lowest BCUT2D eigenvalue weighted by atomic mass is 9.84. The Hall–Kier alpha value is -2.97. The summed E-state index contributed by atoms with van der Waals surface area (Å²) in [5, 5.41) is 12.1. The molecule has 0 unspecified atom stereocenters. The smallest absolute Gasteiger partial charge is 0.263 e. The quantitative estimate of drug-likeness (QED) is 0.505. The average Bonchev–Trinajstić information content (AvgIpc) is 3.42. The molecule has 0 atom stereocenters. The molecule has 1 aliphatic rings. The Bertz CT molecular complexity index is 1240. The van der Waals surface area contributed by atoms with E-state index in [4.69, 9.17) is 4.52 Å². The van der Waals surface area contributed by atoms with Crippen LogP contribution >= 0.6 is 12.4 Å². The van der Waals surface area contributed by atoms with E-state index in [-0.39, 0.29) is 18.0 Å². The molecule has 4 aromatic rings. The number of nitrogens with zero attached hydrogens (tertiary/aromatic N) is 4. The van der Waals surface area contributed by atoms with Crippen LogP contribution in [0.5, 0.6) is 0 Å². The van der Waals surface area contributed by atoms with Crippen molar-refractivity contribution in [3.8, 4) is 11.5 Å². The third kappa shape index (κ3) is 3.77. The lowest BCUT2D eigenvalue weighted by molar-refractivity contribution is 0.408. The molecule has 0 aliphatic carbocycles. The SMILES string of the molecule is CC(C)(c1ccccc1)c1noc(-c2cnn3c(C4CCNCC4)cc(=O)[nH]c23)n1.Cl. The summed E-state index contributed by atoms with van der Waals surface area (Å²) in [6.07, 6.45) is 3.64. The van der Waals surface area contributed by atoms with Crippen LogP contribution in [0.3, 0.4) is 0 Å². The van der Waals surface area contributed by atoms with Crippen LogP contribution in [0, 0.1) is 0 Å². The van der Waals surface area contributed by atoms with Gasteiger partial charge >= 0.3 is 0 Å². The van der Waals surface area contributed by atoms with Crippen molar-refractivity contribution in [1.29, 1.82) is 0 Å². The van der Waals surface area contributed by atoms with Gasteiger partial charge in [-0.1, -0.05) is 35.5 Å². The van der Waals surface area contributed by atoms with Crippen molar-refractivity contribution in [1.82, 2.24) is 30.1 Å². The van der Waals surface area contributed by atoms with Crippen molar-refractivity contribution < 1.29 is 4.52 Å².